The topological polar surface area (TPSA) is 48.1 Å². The molecule has 1 saturated carbocycles. The van der Waals surface area contributed by atoms with Gasteiger partial charge in [0.25, 0.3) is 0 Å². The number of rotatable bonds is 11. The Morgan fingerprint density at radius 2 is 1.24 bits per heavy atom. The molecule has 0 spiro atoms. The van der Waals surface area contributed by atoms with Crippen molar-refractivity contribution in [3.63, 3.8) is 0 Å². The highest BCUT2D eigenvalue weighted by Gasteiger charge is 2.29. The molecule has 0 radical (unpaired) electrons. The van der Waals surface area contributed by atoms with Gasteiger partial charge in [-0.25, -0.2) is 21.7 Å². The van der Waals surface area contributed by atoms with Crippen LogP contribution in [0.1, 0.15) is 111 Å². The Labute approximate surface area is 218 Å². The Kier molecular flexibility index (Phi) is 13.6. The number of hydrogen-bond donors (Lipinski definition) is 4. The fraction of sp³-hybridized carbons (Fsp3) is 0.857. The molecule has 2 saturated heterocycles. The third kappa shape index (κ3) is 9.96. The second-order valence-corrected chi connectivity index (χ2v) is 12.8. The monoisotopic (exact) mass is 504 g/mol. The highest BCUT2D eigenvalue weighted by atomic mass is 32.2. The van der Waals surface area contributed by atoms with Gasteiger partial charge in [-0.05, 0) is 38.0 Å². The number of unbranched alkanes of at least 4 members (excludes halogenated alkanes) is 6. The summed E-state index contributed by atoms with van der Waals surface area (Å²) in [6.07, 6.45) is 17.9. The van der Waals surface area contributed by atoms with E-state index in [1.807, 2.05) is 23.5 Å². The molecule has 3 fully saturated rings. The third-order valence-electron chi connectivity index (χ3n) is 7.32. The smallest absolute Gasteiger partial charge is 0.129 e. The predicted molar refractivity (Wildman–Crippen MR) is 151 cm³/mol. The molecule has 6 heteroatoms. The summed E-state index contributed by atoms with van der Waals surface area (Å²) in [4.78, 5) is 0. The molecule has 34 heavy (non-hydrogen) atoms. The minimum atomic E-state index is 0.235. The van der Waals surface area contributed by atoms with Gasteiger partial charge in [-0.2, -0.15) is 0 Å². The van der Waals surface area contributed by atoms with Crippen LogP contribution in [0.3, 0.4) is 0 Å². The average molecular weight is 505 g/mol. The van der Waals surface area contributed by atoms with Crippen molar-refractivity contribution in [2.24, 2.45) is 17.8 Å². The molecule has 7 unspecified atom stereocenters. The molecule has 192 valence electrons. The lowest BCUT2D eigenvalue weighted by Crippen LogP contribution is -2.33. The lowest BCUT2D eigenvalue weighted by Gasteiger charge is -2.30. The van der Waals surface area contributed by atoms with E-state index in [4.69, 9.17) is 0 Å². The molecule has 1 aliphatic carbocycles. The maximum atomic E-state index is 3.67. The van der Waals surface area contributed by atoms with Crippen molar-refractivity contribution in [3.05, 3.63) is 0 Å². The van der Waals surface area contributed by atoms with Crippen LogP contribution in [0.4, 0.5) is 0 Å². The molecule has 3 aliphatic rings. The SMILES string of the molecule is CCCCCCC1NNC(C#CC2CCC(C#CC3NNC(CCCCCC)S3)C(CC)C2)S1. The summed E-state index contributed by atoms with van der Waals surface area (Å²) in [6, 6.07) is 0. The lowest BCUT2D eigenvalue weighted by molar-refractivity contribution is 0.248. The molecular weight excluding hydrogens is 456 g/mol. The molecule has 0 bridgehead atoms. The van der Waals surface area contributed by atoms with Crippen molar-refractivity contribution >= 4 is 23.5 Å². The number of hydrazine groups is 2. The molecule has 3 rings (SSSR count). The van der Waals surface area contributed by atoms with Crippen molar-refractivity contribution in [1.82, 2.24) is 21.7 Å². The summed E-state index contributed by atoms with van der Waals surface area (Å²) in [6.45, 7) is 6.87. The second-order valence-electron chi connectivity index (χ2n) is 10.1. The Morgan fingerprint density at radius 1 is 0.647 bits per heavy atom. The maximum absolute atomic E-state index is 3.67. The first-order valence-electron chi connectivity index (χ1n) is 14.1. The van der Waals surface area contributed by atoms with Crippen molar-refractivity contribution in [2.45, 2.75) is 132 Å². The van der Waals surface area contributed by atoms with Crippen LogP contribution in [0.5, 0.6) is 0 Å². The van der Waals surface area contributed by atoms with E-state index in [1.165, 1.54) is 89.9 Å². The Bertz CT molecular complexity index is 694. The van der Waals surface area contributed by atoms with Gasteiger partial charge in [-0.15, -0.1) is 23.5 Å². The molecule has 4 nitrogen and oxygen atoms in total. The zero-order valence-electron chi connectivity index (χ0n) is 21.8. The van der Waals surface area contributed by atoms with Crippen LogP contribution in [0, 0.1) is 41.4 Å². The zero-order chi connectivity index (χ0) is 24.0. The Morgan fingerprint density at radius 3 is 1.79 bits per heavy atom. The first kappa shape index (κ1) is 28.2. The van der Waals surface area contributed by atoms with Gasteiger partial charge in [0.1, 0.15) is 10.7 Å². The van der Waals surface area contributed by atoms with Gasteiger partial charge in [-0.3, -0.25) is 0 Å². The first-order chi connectivity index (χ1) is 16.7. The van der Waals surface area contributed by atoms with E-state index in [2.05, 4.69) is 66.2 Å². The summed E-state index contributed by atoms with van der Waals surface area (Å²) in [5.74, 6) is 16.1. The van der Waals surface area contributed by atoms with Gasteiger partial charge in [0.05, 0.1) is 10.7 Å². The number of hydrogen-bond acceptors (Lipinski definition) is 6. The van der Waals surface area contributed by atoms with Crippen LogP contribution in [0.15, 0.2) is 0 Å². The quantitative estimate of drug-likeness (QED) is 0.194. The molecular formula is C28H48N4S2. The molecule has 0 amide bonds. The van der Waals surface area contributed by atoms with Gasteiger partial charge in [0.15, 0.2) is 0 Å². The molecule has 0 aromatic rings. The van der Waals surface area contributed by atoms with E-state index in [0.29, 0.717) is 28.5 Å². The third-order valence-corrected chi connectivity index (χ3v) is 9.70. The lowest BCUT2D eigenvalue weighted by atomic mass is 9.73. The van der Waals surface area contributed by atoms with Gasteiger partial charge in [-0.1, -0.05) is 102 Å². The van der Waals surface area contributed by atoms with E-state index in [1.54, 1.807) is 0 Å². The summed E-state index contributed by atoms with van der Waals surface area (Å²) >= 11 is 3.92. The normalized spacial score (nSPS) is 33.2. The highest BCUT2D eigenvalue weighted by molar-refractivity contribution is 8.01. The Hall–Kier alpha value is -0.340. The summed E-state index contributed by atoms with van der Waals surface area (Å²) in [5.41, 5.74) is 13.7. The van der Waals surface area contributed by atoms with Crippen molar-refractivity contribution in [2.75, 3.05) is 0 Å². The summed E-state index contributed by atoms with van der Waals surface area (Å²) in [7, 11) is 0. The molecule has 2 aliphatic heterocycles. The number of thioether (sulfide) groups is 2. The minimum absolute atomic E-state index is 0.235. The van der Waals surface area contributed by atoms with Crippen LogP contribution >= 0.6 is 23.5 Å². The van der Waals surface area contributed by atoms with Crippen molar-refractivity contribution in [1.29, 1.82) is 0 Å². The fourth-order valence-electron chi connectivity index (χ4n) is 5.15. The standard InChI is InChI=1S/C28H48N4S2/c1-4-7-9-11-13-25-29-31-27(33-25)19-16-22-15-17-24(23(6-3)21-22)18-20-28-32-30-26(34-28)14-12-10-8-5-2/h22-32H,4-15,17,21H2,1-3H3. The van der Waals surface area contributed by atoms with Crippen LogP contribution < -0.4 is 21.7 Å². The van der Waals surface area contributed by atoms with Crippen molar-refractivity contribution < 1.29 is 0 Å². The van der Waals surface area contributed by atoms with E-state index >= 15 is 0 Å². The molecule has 2 heterocycles. The molecule has 0 aromatic heterocycles. The molecule has 7 atom stereocenters. The Balaban J connectivity index is 1.37. The van der Waals surface area contributed by atoms with Gasteiger partial charge >= 0.3 is 0 Å². The molecule has 0 aromatic carbocycles. The summed E-state index contributed by atoms with van der Waals surface area (Å²) < 4.78 is 0. The maximum Gasteiger partial charge on any atom is 0.129 e. The van der Waals surface area contributed by atoms with Gasteiger partial charge < -0.3 is 0 Å². The van der Waals surface area contributed by atoms with E-state index in [9.17, 15) is 0 Å². The van der Waals surface area contributed by atoms with E-state index in [-0.39, 0.29) is 10.7 Å². The average Bonchev–Trinajstić information content (AvgIpc) is 3.51. The predicted octanol–water partition coefficient (Wildman–Crippen LogP) is 6.36. The minimum Gasteiger partial charge on any atom is -0.243 e. The zero-order valence-corrected chi connectivity index (χ0v) is 23.4. The van der Waals surface area contributed by atoms with Crippen LogP contribution in [0.2, 0.25) is 0 Å². The second kappa shape index (κ2) is 16.4. The highest BCUT2D eigenvalue weighted by Crippen LogP contribution is 2.36. The van der Waals surface area contributed by atoms with Crippen LogP contribution in [-0.2, 0) is 0 Å². The van der Waals surface area contributed by atoms with E-state index in [0.717, 1.165) is 0 Å². The summed E-state index contributed by atoms with van der Waals surface area (Å²) in [5, 5.41) is 1.50. The van der Waals surface area contributed by atoms with E-state index < -0.39 is 0 Å². The van der Waals surface area contributed by atoms with Crippen LogP contribution in [-0.4, -0.2) is 21.5 Å². The van der Waals surface area contributed by atoms with Gasteiger partial charge in [0.2, 0.25) is 0 Å². The van der Waals surface area contributed by atoms with Crippen LogP contribution in [0.25, 0.3) is 0 Å². The van der Waals surface area contributed by atoms with Gasteiger partial charge in [0, 0.05) is 11.8 Å². The van der Waals surface area contributed by atoms with Crippen molar-refractivity contribution in [3.8, 4) is 23.7 Å². The first-order valence-corrected chi connectivity index (χ1v) is 16.0. The fourth-order valence-corrected chi connectivity index (χ4v) is 7.23. The number of nitrogens with one attached hydrogen (secondary N) is 4. The largest absolute Gasteiger partial charge is 0.243 e. The molecule has 4 N–H and O–H groups in total.